The molecular weight excluding hydrogens is 268 g/mol. The lowest BCUT2D eigenvalue weighted by Crippen LogP contribution is -2.55. The van der Waals surface area contributed by atoms with Crippen molar-refractivity contribution in [1.29, 1.82) is 0 Å². The molecule has 0 aromatic rings. The van der Waals surface area contributed by atoms with Gasteiger partial charge in [-0.1, -0.05) is 32.1 Å². The Bertz CT molecular complexity index is 361. The van der Waals surface area contributed by atoms with Crippen LogP contribution in [0, 0.1) is 0 Å². The molecule has 0 spiro atoms. The minimum Gasteiger partial charge on any atom is -0.348 e. The van der Waals surface area contributed by atoms with Crippen molar-refractivity contribution in [2.45, 2.75) is 69.4 Å². The molecule has 0 unspecified atom stereocenters. The maximum atomic E-state index is 12.0. The van der Waals surface area contributed by atoms with Crippen LogP contribution in [0.3, 0.4) is 0 Å². The molecule has 0 saturated heterocycles. The van der Waals surface area contributed by atoms with E-state index in [4.69, 9.17) is 5.73 Å². The Morgan fingerprint density at radius 3 is 2.33 bits per heavy atom. The largest absolute Gasteiger partial charge is 0.348 e. The molecule has 0 aromatic carbocycles. The normalized spacial score (nSPS) is 21.8. The highest BCUT2D eigenvalue weighted by molar-refractivity contribution is 5.84. The minimum atomic E-state index is -0.251. The van der Waals surface area contributed by atoms with E-state index in [0.29, 0.717) is 6.54 Å². The Labute approximate surface area is 126 Å². The predicted octanol–water partition coefficient (Wildman–Crippen LogP) is 1.01. The molecule has 0 atom stereocenters. The van der Waals surface area contributed by atoms with Gasteiger partial charge in [0.25, 0.3) is 0 Å². The van der Waals surface area contributed by atoms with E-state index >= 15 is 0 Å². The lowest BCUT2D eigenvalue weighted by Gasteiger charge is -2.29. The highest BCUT2D eigenvalue weighted by Gasteiger charge is 2.33. The molecule has 0 aromatic heterocycles. The van der Waals surface area contributed by atoms with Crippen molar-refractivity contribution >= 4 is 11.9 Å². The number of amides is 3. The van der Waals surface area contributed by atoms with E-state index in [1.807, 2.05) is 0 Å². The monoisotopic (exact) mass is 296 g/mol. The number of nitrogens with two attached hydrogens (primary N) is 1. The summed E-state index contributed by atoms with van der Waals surface area (Å²) >= 11 is 0. The van der Waals surface area contributed by atoms with Crippen molar-refractivity contribution in [2.75, 3.05) is 13.1 Å². The van der Waals surface area contributed by atoms with Crippen LogP contribution in [0.5, 0.6) is 0 Å². The average molecular weight is 296 g/mol. The smallest absolute Gasteiger partial charge is 0.315 e. The summed E-state index contributed by atoms with van der Waals surface area (Å²) in [5.74, 6) is -0.152. The van der Waals surface area contributed by atoms with E-state index in [9.17, 15) is 9.59 Å². The van der Waals surface area contributed by atoms with Crippen molar-refractivity contribution in [3.05, 3.63) is 0 Å². The van der Waals surface area contributed by atoms with Crippen LogP contribution in [0.15, 0.2) is 0 Å². The number of nitrogens with one attached hydrogen (secondary N) is 3. The molecule has 2 saturated carbocycles. The van der Waals surface area contributed by atoms with Crippen LogP contribution in [0.4, 0.5) is 4.79 Å². The van der Waals surface area contributed by atoms with Gasteiger partial charge in [-0.3, -0.25) is 4.79 Å². The number of hydrogen-bond donors (Lipinski definition) is 4. The summed E-state index contributed by atoms with van der Waals surface area (Å²) in [7, 11) is 0. The Balaban J connectivity index is 1.67. The first kappa shape index (κ1) is 16.1. The van der Waals surface area contributed by atoms with Crippen molar-refractivity contribution in [3.63, 3.8) is 0 Å². The molecule has 6 heteroatoms. The summed E-state index contributed by atoms with van der Waals surface area (Å²) in [5, 5.41) is 8.57. The SMILES string of the molecule is NCC1(NC(=O)CNC(=O)NC2CCCCC2)CCCC1. The molecule has 2 fully saturated rings. The van der Waals surface area contributed by atoms with Crippen LogP contribution < -0.4 is 21.7 Å². The molecule has 0 heterocycles. The fourth-order valence-electron chi connectivity index (χ4n) is 3.42. The first-order valence-electron chi connectivity index (χ1n) is 8.19. The van der Waals surface area contributed by atoms with Crippen molar-refractivity contribution in [2.24, 2.45) is 5.73 Å². The first-order chi connectivity index (χ1) is 10.1. The van der Waals surface area contributed by atoms with Crippen LogP contribution in [0.1, 0.15) is 57.8 Å². The van der Waals surface area contributed by atoms with E-state index in [-0.39, 0.29) is 30.1 Å². The Kier molecular flexibility index (Phi) is 5.85. The maximum absolute atomic E-state index is 12.0. The zero-order valence-corrected chi connectivity index (χ0v) is 12.7. The van der Waals surface area contributed by atoms with Gasteiger partial charge in [0, 0.05) is 12.6 Å². The van der Waals surface area contributed by atoms with E-state index in [1.165, 1.54) is 19.3 Å². The van der Waals surface area contributed by atoms with Gasteiger partial charge in [-0.15, -0.1) is 0 Å². The average Bonchev–Trinajstić information content (AvgIpc) is 2.95. The third-order valence-electron chi connectivity index (χ3n) is 4.71. The number of rotatable bonds is 5. The zero-order valence-electron chi connectivity index (χ0n) is 12.7. The molecule has 0 bridgehead atoms. The van der Waals surface area contributed by atoms with Crippen LogP contribution in [-0.2, 0) is 4.79 Å². The second-order valence-corrected chi connectivity index (χ2v) is 6.40. The van der Waals surface area contributed by atoms with Gasteiger partial charge >= 0.3 is 6.03 Å². The summed E-state index contributed by atoms with van der Waals surface area (Å²) in [6.45, 7) is 0.479. The van der Waals surface area contributed by atoms with Crippen molar-refractivity contribution in [3.8, 4) is 0 Å². The number of urea groups is 1. The Morgan fingerprint density at radius 1 is 1.05 bits per heavy atom. The van der Waals surface area contributed by atoms with Crippen LogP contribution in [0.25, 0.3) is 0 Å². The van der Waals surface area contributed by atoms with Gasteiger partial charge in [-0.05, 0) is 25.7 Å². The molecular formula is C15H28N4O2. The Hall–Kier alpha value is -1.30. The predicted molar refractivity (Wildman–Crippen MR) is 81.8 cm³/mol. The zero-order chi connectivity index (χ0) is 15.1. The number of carbonyl (C=O) groups is 2. The van der Waals surface area contributed by atoms with Crippen molar-refractivity contribution in [1.82, 2.24) is 16.0 Å². The van der Waals surface area contributed by atoms with Crippen LogP contribution >= 0.6 is 0 Å². The van der Waals surface area contributed by atoms with Gasteiger partial charge < -0.3 is 21.7 Å². The molecule has 21 heavy (non-hydrogen) atoms. The summed E-state index contributed by atoms with van der Waals surface area (Å²) in [4.78, 5) is 23.7. The molecule has 2 aliphatic rings. The maximum Gasteiger partial charge on any atom is 0.315 e. The lowest BCUT2D eigenvalue weighted by atomic mass is 9.96. The van der Waals surface area contributed by atoms with E-state index in [1.54, 1.807) is 0 Å². The minimum absolute atomic E-state index is 0.0142. The highest BCUT2D eigenvalue weighted by atomic mass is 16.2. The summed E-state index contributed by atoms with van der Waals surface area (Å²) in [5.41, 5.74) is 5.53. The molecule has 0 radical (unpaired) electrons. The second-order valence-electron chi connectivity index (χ2n) is 6.40. The van der Waals surface area contributed by atoms with Gasteiger partial charge in [-0.25, -0.2) is 4.79 Å². The third-order valence-corrected chi connectivity index (χ3v) is 4.71. The molecule has 120 valence electrons. The van der Waals surface area contributed by atoms with Gasteiger partial charge in [0.05, 0.1) is 12.1 Å². The second kappa shape index (κ2) is 7.64. The van der Waals surface area contributed by atoms with Crippen LogP contribution in [0.2, 0.25) is 0 Å². The van der Waals surface area contributed by atoms with Crippen molar-refractivity contribution < 1.29 is 9.59 Å². The molecule has 2 rings (SSSR count). The van der Waals surface area contributed by atoms with Gasteiger partial charge in [0.15, 0.2) is 0 Å². The molecule has 2 aliphatic carbocycles. The Morgan fingerprint density at radius 2 is 1.71 bits per heavy atom. The van der Waals surface area contributed by atoms with E-state index in [0.717, 1.165) is 38.5 Å². The summed E-state index contributed by atoms with van der Waals surface area (Å²) < 4.78 is 0. The lowest BCUT2D eigenvalue weighted by molar-refractivity contribution is -0.121. The van der Waals surface area contributed by atoms with Gasteiger partial charge in [0.2, 0.25) is 5.91 Å². The quantitative estimate of drug-likeness (QED) is 0.609. The fourth-order valence-corrected chi connectivity index (χ4v) is 3.42. The summed E-state index contributed by atoms with van der Waals surface area (Å²) in [6, 6.07) is 0.0114. The third kappa shape index (κ3) is 4.88. The van der Waals surface area contributed by atoms with Gasteiger partial charge in [0.1, 0.15) is 0 Å². The fraction of sp³-hybridized carbons (Fsp3) is 0.867. The molecule has 6 nitrogen and oxygen atoms in total. The number of hydrogen-bond acceptors (Lipinski definition) is 3. The highest BCUT2D eigenvalue weighted by Crippen LogP contribution is 2.28. The molecule has 3 amide bonds. The van der Waals surface area contributed by atoms with Crippen LogP contribution in [-0.4, -0.2) is 36.6 Å². The molecule has 5 N–H and O–H groups in total. The first-order valence-corrected chi connectivity index (χ1v) is 8.19. The summed E-state index contributed by atoms with van der Waals surface area (Å²) in [6.07, 6.45) is 9.75. The number of carbonyl (C=O) groups excluding carboxylic acids is 2. The topological polar surface area (TPSA) is 96.2 Å². The molecule has 0 aliphatic heterocycles. The van der Waals surface area contributed by atoms with E-state index in [2.05, 4.69) is 16.0 Å². The standard InChI is InChI=1S/C15H28N4O2/c16-11-15(8-4-5-9-15)19-13(20)10-17-14(21)18-12-6-2-1-3-7-12/h12H,1-11,16H2,(H,19,20)(H2,17,18,21). The van der Waals surface area contributed by atoms with Gasteiger partial charge in [-0.2, -0.15) is 0 Å². The van der Waals surface area contributed by atoms with E-state index < -0.39 is 0 Å².